The molecule has 17 heavy (non-hydrogen) atoms. The van der Waals surface area contributed by atoms with Gasteiger partial charge in [-0.15, -0.1) is 10.2 Å². The van der Waals surface area contributed by atoms with E-state index in [1.54, 1.807) is 0 Å². The lowest BCUT2D eigenvalue weighted by Crippen LogP contribution is -2.52. The Labute approximate surface area is 112 Å². The normalized spacial score (nSPS) is 18.9. The lowest BCUT2D eigenvalue weighted by molar-refractivity contribution is -0.143. The average Bonchev–Trinajstić information content (AvgIpc) is 3.06. The van der Waals surface area contributed by atoms with Crippen LogP contribution in [0.1, 0.15) is 12.8 Å². The van der Waals surface area contributed by atoms with E-state index in [4.69, 9.17) is 5.73 Å². The van der Waals surface area contributed by atoms with Gasteiger partial charge in [0.15, 0.2) is 8.68 Å². The second-order valence-electron chi connectivity index (χ2n) is 3.95. The van der Waals surface area contributed by atoms with Crippen LogP contribution in [0.2, 0.25) is 0 Å². The predicted octanol–water partition coefficient (Wildman–Crippen LogP) is 1.54. The standard InChI is InChI=1S/C9H13N3O2S3/c1-15-7-11-12-8(17-7)16-4-9(10,6(13)14)5-2-3-5/h5H,2-4,10H2,1H3,(H,13,14). The van der Waals surface area contributed by atoms with Crippen LogP contribution in [0.5, 0.6) is 0 Å². The van der Waals surface area contributed by atoms with Crippen LogP contribution in [0.4, 0.5) is 0 Å². The molecule has 8 heteroatoms. The third kappa shape index (κ3) is 2.93. The minimum absolute atomic E-state index is 0.112. The average molecular weight is 291 g/mol. The molecule has 2 rings (SSSR count). The largest absolute Gasteiger partial charge is 0.480 e. The Hall–Kier alpha value is -0.310. The summed E-state index contributed by atoms with van der Waals surface area (Å²) in [7, 11) is 0. The highest BCUT2D eigenvalue weighted by atomic mass is 32.2. The van der Waals surface area contributed by atoms with Crippen molar-refractivity contribution in [2.45, 2.75) is 27.1 Å². The first-order valence-corrected chi connectivity index (χ1v) is 8.11. The molecule has 1 aromatic rings. The first-order chi connectivity index (χ1) is 8.06. The van der Waals surface area contributed by atoms with Gasteiger partial charge in [-0.1, -0.05) is 34.9 Å². The van der Waals surface area contributed by atoms with Gasteiger partial charge in [-0.2, -0.15) is 0 Å². The van der Waals surface area contributed by atoms with E-state index in [-0.39, 0.29) is 5.92 Å². The Morgan fingerprint density at radius 3 is 2.71 bits per heavy atom. The van der Waals surface area contributed by atoms with Crippen LogP contribution in [0.25, 0.3) is 0 Å². The highest BCUT2D eigenvalue weighted by Crippen LogP contribution is 2.41. The molecule has 0 amide bonds. The van der Waals surface area contributed by atoms with Crippen molar-refractivity contribution >= 4 is 40.8 Å². The van der Waals surface area contributed by atoms with Crippen LogP contribution in [0.15, 0.2) is 8.68 Å². The highest BCUT2D eigenvalue weighted by Gasteiger charge is 2.48. The van der Waals surface area contributed by atoms with Crippen molar-refractivity contribution in [3.05, 3.63) is 0 Å². The minimum atomic E-state index is -1.12. The van der Waals surface area contributed by atoms with Crippen molar-refractivity contribution in [1.29, 1.82) is 0 Å². The summed E-state index contributed by atoms with van der Waals surface area (Å²) in [5, 5.41) is 17.2. The Morgan fingerprint density at radius 2 is 2.24 bits per heavy atom. The molecule has 1 heterocycles. The molecule has 1 unspecified atom stereocenters. The van der Waals surface area contributed by atoms with E-state index in [9.17, 15) is 9.90 Å². The quantitative estimate of drug-likeness (QED) is 0.768. The maximum absolute atomic E-state index is 11.2. The molecule has 0 aliphatic heterocycles. The lowest BCUT2D eigenvalue weighted by Gasteiger charge is -2.23. The van der Waals surface area contributed by atoms with Crippen LogP contribution >= 0.6 is 34.9 Å². The van der Waals surface area contributed by atoms with E-state index in [0.717, 1.165) is 21.5 Å². The molecule has 0 spiro atoms. The molecule has 0 saturated heterocycles. The molecule has 1 fully saturated rings. The molecule has 1 atom stereocenters. The van der Waals surface area contributed by atoms with Gasteiger partial charge in [0.25, 0.3) is 0 Å². The van der Waals surface area contributed by atoms with Crippen molar-refractivity contribution in [3.63, 3.8) is 0 Å². The monoisotopic (exact) mass is 291 g/mol. The van der Waals surface area contributed by atoms with Gasteiger partial charge in [0.05, 0.1) is 0 Å². The third-order valence-corrected chi connectivity index (χ3v) is 5.95. The van der Waals surface area contributed by atoms with Crippen LogP contribution in [0, 0.1) is 5.92 Å². The molecule has 1 aliphatic carbocycles. The molecular formula is C9H13N3O2S3. The molecule has 1 saturated carbocycles. The summed E-state index contributed by atoms with van der Waals surface area (Å²) in [6, 6.07) is 0. The van der Waals surface area contributed by atoms with Gasteiger partial charge in [0.2, 0.25) is 0 Å². The number of aliphatic carboxylic acids is 1. The molecule has 1 aromatic heterocycles. The first kappa shape index (κ1) is 13.1. The molecular weight excluding hydrogens is 278 g/mol. The summed E-state index contributed by atoms with van der Waals surface area (Å²) in [5.41, 5.74) is 4.85. The second-order valence-corrected chi connectivity index (χ2v) is 7.20. The summed E-state index contributed by atoms with van der Waals surface area (Å²) < 4.78 is 1.67. The molecule has 1 aliphatic rings. The molecule has 0 radical (unpaired) electrons. The number of carboxylic acid groups (broad SMARTS) is 1. The van der Waals surface area contributed by atoms with E-state index in [0.29, 0.717) is 5.75 Å². The van der Waals surface area contributed by atoms with Crippen molar-refractivity contribution in [3.8, 4) is 0 Å². The topological polar surface area (TPSA) is 89.1 Å². The second kappa shape index (κ2) is 5.13. The fourth-order valence-electron chi connectivity index (χ4n) is 1.47. The van der Waals surface area contributed by atoms with Gasteiger partial charge in [0, 0.05) is 5.75 Å². The maximum atomic E-state index is 11.2. The van der Waals surface area contributed by atoms with Crippen molar-refractivity contribution in [2.24, 2.45) is 11.7 Å². The van der Waals surface area contributed by atoms with Crippen LogP contribution in [-0.2, 0) is 4.79 Å². The third-order valence-electron chi connectivity index (χ3n) is 2.70. The Kier molecular flexibility index (Phi) is 3.96. The number of thioether (sulfide) groups is 2. The van der Waals surface area contributed by atoms with Crippen molar-refractivity contribution in [2.75, 3.05) is 12.0 Å². The van der Waals surface area contributed by atoms with Crippen LogP contribution < -0.4 is 5.73 Å². The number of rotatable bonds is 6. The Bertz CT molecular complexity index is 421. The zero-order valence-corrected chi connectivity index (χ0v) is 11.7. The van der Waals surface area contributed by atoms with Crippen LogP contribution in [0.3, 0.4) is 0 Å². The zero-order valence-electron chi connectivity index (χ0n) is 9.25. The van der Waals surface area contributed by atoms with E-state index in [2.05, 4.69) is 10.2 Å². The van der Waals surface area contributed by atoms with E-state index < -0.39 is 11.5 Å². The van der Waals surface area contributed by atoms with Crippen molar-refractivity contribution in [1.82, 2.24) is 10.2 Å². The fourth-order valence-corrected chi connectivity index (χ4v) is 4.10. The number of aromatic nitrogens is 2. The minimum Gasteiger partial charge on any atom is -0.480 e. The first-order valence-electron chi connectivity index (χ1n) is 5.09. The lowest BCUT2D eigenvalue weighted by atomic mass is 9.98. The van der Waals surface area contributed by atoms with Gasteiger partial charge in [-0.25, -0.2) is 0 Å². The molecule has 0 aromatic carbocycles. The summed E-state index contributed by atoms with van der Waals surface area (Å²) in [6.45, 7) is 0. The molecule has 0 bridgehead atoms. The van der Waals surface area contributed by atoms with Gasteiger partial charge < -0.3 is 10.8 Å². The summed E-state index contributed by atoms with van der Waals surface area (Å²) in [6.07, 6.45) is 3.76. The zero-order chi connectivity index (χ0) is 12.5. The van der Waals surface area contributed by atoms with E-state index in [1.165, 1.54) is 34.9 Å². The number of nitrogens with two attached hydrogens (primary N) is 1. The maximum Gasteiger partial charge on any atom is 0.324 e. The predicted molar refractivity (Wildman–Crippen MR) is 69.7 cm³/mol. The highest BCUT2D eigenvalue weighted by molar-refractivity contribution is 8.03. The van der Waals surface area contributed by atoms with Gasteiger partial charge >= 0.3 is 5.97 Å². The number of carboxylic acids is 1. The molecule has 5 nitrogen and oxygen atoms in total. The smallest absolute Gasteiger partial charge is 0.324 e. The summed E-state index contributed by atoms with van der Waals surface area (Å²) in [5.74, 6) is -0.446. The number of nitrogens with zero attached hydrogens (tertiary/aromatic N) is 2. The summed E-state index contributed by atoms with van der Waals surface area (Å²) >= 11 is 4.39. The number of hydrogen-bond donors (Lipinski definition) is 2. The van der Waals surface area contributed by atoms with E-state index >= 15 is 0 Å². The fraction of sp³-hybridized carbons (Fsp3) is 0.667. The van der Waals surface area contributed by atoms with Gasteiger partial charge in [-0.05, 0) is 25.0 Å². The van der Waals surface area contributed by atoms with E-state index in [1.807, 2.05) is 6.26 Å². The summed E-state index contributed by atoms with van der Waals surface area (Å²) in [4.78, 5) is 11.2. The van der Waals surface area contributed by atoms with Gasteiger partial charge in [0.1, 0.15) is 5.54 Å². The molecule has 94 valence electrons. The Morgan fingerprint density at radius 1 is 1.59 bits per heavy atom. The number of carbonyl (C=O) groups is 1. The SMILES string of the molecule is CSc1nnc(SCC(N)(C(=O)O)C2CC2)s1. The van der Waals surface area contributed by atoms with Crippen molar-refractivity contribution < 1.29 is 9.90 Å². The van der Waals surface area contributed by atoms with Gasteiger partial charge in [-0.3, -0.25) is 4.79 Å². The molecule has 3 N–H and O–H groups in total. The Balaban J connectivity index is 1.97. The number of hydrogen-bond acceptors (Lipinski definition) is 7. The van der Waals surface area contributed by atoms with Crippen LogP contribution in [-0.4, -0.2) is 38.8 Å².